The molecule has 1 N–H and O–H groups in total. The van der Waals surface area contributed by atoms with E-state index < -0.39 is 0 Å². The maximum atomic E-state index is 5.45. The summed E-state index contributed by atoms with van der Waals surface area (Å²) in [4.78, 5) is 0. The van der Waals surface area contributed by atoms with E-state index in [1.54, 1.807) is 7.11 Å². The Balaban J connectivity index is 3.22. The molecule has 0 saturated heterocycles. The number of ether oxygens (including phenoxy) is 2. The van der Waals surface area contributed by atoms with Crippen molar-refractivity contribution < 1.29 is 9.47 Å². The molecule has 0 aromatic carbocycles. The van der Waals surface area contributed by atoms with Gasteiger partial charge >= 0.3 is 0 Å². The van der Waals surface area contributed by atoms with Crippen molar-refractivity contribution in [1.29, 1.82) is 0 Å². The number of hydrogen-bond donors (Lipinski definition) is 1. The Morgan fingerprint density at radius 2 is 1.91 bits per heavy atom. The number of rotatable bonds is 6. The van der Waals surface area contributed by atoms with Gasteiger partial charge in [0.1, 0.15) is 0 Å². The largest absolute Gasteiger partial charge is 0.382 e. The Labute approximate surface area is 69.1 Å². The van der Waals surface area contributed by atoms with Crippen LogP contribution in [-0.2, 0) is 9.47 Å². The summed E-state index contributed by atoms with van der Waals surface area (Å²) in [6, 6.07) is 0.411. The average molecular weight is 161 g/mol. The van der Waals surface area contributed by atoms with Crippen molar-refractivity contribution >= 4 is 0 Å². The molecule has 11 heavy (non-hydrogen) atoms. The summed E-state index contributed by atoms with van der Waals surface area (Å²) in [6.45, 7) is 5.49. The van der Waals surface area contributed by atoms with Gasteiger partial charge in [-0.3, -0.25) is 0 Å². The zero-order valence-corrected chi connectivity index (χ0v) is 7.89. The second kappa shape index (κ2) is 6.58. The van der Waals surface area contributed by atoms with Gasteiger partial charge in [0, 0.05) is 13.2 Å². The predicted molar refractivity (Wildman–Crippen MR) is 45.8 cm³/mol. The minimum Gasteiger partial charge on any atom is -0.382 e. The standard InChI is InChI=1S/C8H19NO2/c1-7(9-3)5-11-8(2)6-10-4/h7-9H,5-6H2,1-4H3. The molecule has 0 aromatic rings. The molecule has 0 bridgehead atoms. The Morgan fingerprint density at radius 1 is 1.27 bits per heavy atom. The lowest BCUT2D eigenvalue weighted by atomic mass is 10.3. The molecule has 0 radical (unpaired) electrons. The fraction of sp³-hybridized carbons (Fsp3) is 1.00. The van der Waals surface area contributed by atoms with Crippen LogP contribution in [0.2, 0.25) is 0 Å². The van der Waals surface area contributed by atoms with Crippen LogP contribution in [0.5, 0.6) is 0 Å². The fourth-order valence-corrected chi connectivity index (χ4v) is 0.675. The van der Waals surface area contributed by atoms with E-state index in [0.717, 1.165) is 6.61 Å². The summed E-state index contributed by atoms with van der Waals surface area (Å²) in [7, 11) is 3.61. The van der Waals surface area contributed by atoms with Crippen molar-refractivity contribution in [3.8, 4) is 0 Å². The molecule has 0 amide bonds. The van der Waals surface area contributed by atoms with E-state index in [4.69, 9.17) is 9.47 Å². The smallest absolute Gasteiger partial charge is 0.0781 e. The highest BCUT2D eigenvalue weighted by Gasteiger charge is 2.03. The highest BCUT2D eigenvalue weighted by atomic mass is 16.5. The monoisotopic (exact) mass is 161 g/mol. The highest BCUT2D eigenvalue weighted by Crippen LogP contribution is 1.92. The second-order valence-electron chi connectivity index (χ2n) is 2.79. The van der Waals surface area contributed by atoms with E-state index >= 15 is 0 Å². The molecule has 2 atom stereocenters. The Kier molecular flexibility index (Phi) is 6.51. The van der Waals surface area contributed by atoms with Crippen molar-refractivity contribution in [2.24, 2.45) is 0 Å². The molecule has 0 heterocycles. The summed E-state index contributed by atoms with van der Waals surface area (Å²) in [5.41, 5.74) is 0. The first-order valence-electron chi connectivity index (χ1n) is 3.98. The van der Waals surface area contributed by atoms with E-state index in [1.165, 1.54) is 0 Å². The Bertz CT molecular complexity index is 88.2. The SMILES string of the molecule is CNC(C)COC(C)COC. The first-order chi connectivity index (χ1) is 5.20. The van der Waals surface area contributed by atoms with Crippen molar-refractivity contribution in [3.63, 3.8) is 0 Å². The lowest BCUT2D eigenvalue weighted by molar-refractivity contribution is 0.00230. The van der Waals surface area contributed by atoms with E-state index in [9.17, 15) is 0 Å². The van der Waals surface area contributed by atoms with Crippen LogP contribution in [0.4, 0.5) is 0 Å². The molecule has 0 saturated carbocycles. The van der Waals surface area contributed by atoms with Crippen LogP contribution in [-0.4, -0.2) is 39.5 Å². The lowest BCUT2D eigenvalue weighted by Crippen LogP contribution is -2.29. The topological polar surface area (TPSA) is 30.5 Å². The van der Waals surface area contributed by atoms with Gasteiger partial charge in [-0.1, -0.05) is 0 Å². The van der Waals surface area contributed by atoms with Crippen LogP contribution in [0, 0.1) is 0 Å². The molecule has 0 rings (SSSR count). The van der Waals surface area contributed by atoms with Crippen LogP contribution in [0.1, 0.15) is 13.8 Å². The van der Waals surface area contributed by atoms with Crippen LogP contribution < -0.4 is 5.32 Å². The summed E-state index contributed by atoms with van der Waals surface area (Å²) in [5.74, 6) is 0. The van der Waals surface area contributed by atoms with Gasteiger partial charge in [-0.2, -0.15) is 0 Å². The molecule has 2 unspecified atom stereocenters. The predicted octanol–water partition coefficient (Wildman–Crippen LogP) is 0.646. The van der Waals surface area contributed by atoms with Gasteiger partial charge < -0.3 is 14.8 Å². The van der Waals surface area contributed by atoms with E-state index in [0.29, 0.717) is 12.6 Å². The summed E-state index contributed by atoms with van der Waals surface area (Å²) >= 11 is 0. The molecule has 3 nitrogen and oxygen atoms in total. The van der Waals surface area contributed by atoms with Crippen molar-refractivity contribution in [2.45, 2.75) is 26.0 Å². The Morgan fingerprint density at radius 3 is 2.36 bits per heavy atom. The molecule has 3 heteroatoms. The van der Waals surface area contributed by atoms with Gasteiger partial charge in [-0.05, 0) is 20.9 Å². The number of nitrogens with one attached hydrogen (secondary N) is 1. The van der Waals surface area contributed by atoms with Crippen LogP contribution in [0.3, 0.4) is 0 Å². The van der Waals surface area contributed by atoms with Gasteiger partial charge in [-0.25, -0.2) is 0 Å². The molecular formula is C8H19NO2. The fourth-order valence-electron chi connectivity index (χ4n) is 0.675. The zero-order valence-electron chi connectivity index (χ0n) is 7.89. The minimum atomic E-state index is 0.191. The van der Waals surface area contributed by atoms with Crippen LogP contribution in [0.25, 0.3) is 0 Å². The molecule has 68 valence electrons. The minimum absolute atomic E-state index is 0.191. The molecule has 0 aliphatic heterocycles. The number of methoxy groups -OCH3 is 1. The van der Waals surface area contributed by atoms with Gasteiger partial charge in [0.2, 0.25) is 0 Å². The summed E-state index contributed by atoms with van der Waals surface area (Å²) < 4.78 is 10.4. The third-order valence-electron chi connectivity index (χ3n) is 1.52. The quantitative estimate of drug-likeness (QED) is 0.620. The van der Waals surface area contributed by atoms with Gasteiger partial charge in [0.05, 0.1) is 19.3 Å². The van der Waals surface area contributed by atoms with E-state index in [1.807, 2.05) is 14.0 Å². The molecule has 0 aromatic heterocycles. The molecule has 0 fully saturated rings. The molecule has 0 spiro atoms. The average Bonchev–Trinajstić information content (AvgIpc) is 2.01. The highest BCUT2D eigenvalue weighted by molar-refractivity contribution is 4.56. The normalized spacial score (nSPS) is 16.4. The van der Waals surface area contributed by atoms with Gasteiger partial charge in [0.25, 0.3) is 0 Å². The Hall–Kier alpha value is -0.120. The van der Waals surface area contributed by atoms with Gasteiger partial charge in [-0.15, -0.1) is 0 Å². The van der Waals surface area contributed by atoms with E-state index in [-0.39, 0.29) is 6.10 Å². The van der Waals surface area contributed by atoms with Crippen LogP contribution in [0.15, 0.2) is 0 Å². The summed E-state index contributed by atoms with van der Waals surface area (Å²) in [6.07, 6.45) is 0.191. The van der Waals surface area contributed by atoms with Crippen molar-refractivity contribution in [3.05, 3.63) is 0 Å². The van der Waals surface area contributed by atoms with E-state index in [2.05, 4.69) is 12.2 Å². The maximum absolute atomic E-state index is 5.45. The van der Waals surface area contributed by atoms with Crippen LogP contribution >= 0.6 is 0 Å². The second-order valence-corrected chi connectivity index (χ2v) is 2.79. The zero-order chi connectivity index (χ0) is 8.69. The number of likely N-dealkylation sites (N-methyl/N-ethyl adjacent to an activating group) is 1. The molecule has 0 aliphatic carbocycles. The first-order valence-corrected chi connectivity index (χ1v) is 3.98. The number of hydrogen-bond acceptors (Lipinski definition) is 3. The van der Waals surface area contributed by atoms with Crippen molar-refractivity contribution in [2.75, 3.05) is 27.4 Å². The van der Waals surface area contributed by atoms with Gasteiger partial charge in [0.15, 0.2) is 0 Å². The first kappa shape index (κ1) is 10.9. The molecule has 0 aliphatic rings. The molecular weight excluding hydrogens is 142 g/mol. The van der Waals surface area contributed by atoms with Crippen molar-refractivity contribution in [1.82, 2.24) is 5.32 Å². The maximum Gasteiger partial charge on any atom is 0.0781 e. The third kappa shape index (κ3) is 6.28. The third-order valence-corrected chi connectivity index (χ3v) is 1.52. The summed E-state index contributed by atoms with van der Waals surface area (Å²) in [5, 5.41) is 3.10. The lowest BCUT2D eigenvalue weighted by Gasteiger charge is -2.15.